The van der Waals surface area contributed by atoms with Gasteiger partial charge in [0.15, 0.2) is 0 Å². The van der Waals surface area contributed by atoms with Gasteiger partial charge < -0.3 is 10.1 Å². The van der Waals surface area contributed by atoms with Crippen molar-refractivity contribution in [2.45, 2.75) is 45.0 Å². The van der Waals surface area contributed by atoms with E-state index in [1.807, 2.05) is 13.8 Å². The van der Waals surface area contributed by atoms with Crippen molar-refractivity contribution in [3.8, 4) is 0 Å². The van der Waals surface area contributed by atoms with Crippen LogP contribution in [0.5, 0.6) is 0 Å². The summed E-state index contributed by atoms with van der Waals surface area (Å²) in [6.07, 6.45) is -3.61. The van der Waals surface area contributed by atoms with Crippen LogP contribution in [0, 0.1) is 0 Å². The molecule has 2 nitrogen and oxygen atoms in total. The number of methoxy groups -OCH3 is 1. The minimum absolute atomic E-state index is 0.216. The van der Waals surface area contributed by atoms with E-state index in [-0.39, 0.29) is 6.04 Å². The van der Waals surface area contributed by atoms with Gasteiger partial charge >= 0.3 is 6.18 Å². The van der Waals surface area contributed by atoms with Gasteiger partial charge in [-0.05, 0) is 27.2 Å². The molecule has 0 rings (SSSR count). The topological polar surface area (TPSA) is 21.3 Å². The second kappa shape index (κ2) is 4.98. The normalized spacial score (nSPS) is 15.6. The van der Waals surface area contributed by atoms with Gasteiger partial charge in [0, 0.05) is 13.2 Å². The highest BCUT2D eigenvalue weighted by molar-refractivity contribution is 4.76. The molecule has 0 heterocycles. The zero-order valence-electron chi connectivity index (χ0n) is 9.03. The van der Waals surface area contributed by atoms with Crippen molar-refractivity contribution >= 4 is 0 Å². The van der Waals surface area contributed by atoms with Gasteiger partial charge in [0.05, 0.1) is 12.1 Å². The molecule has 0 aromatic carbocycles. The molecule has 0 aromatic rings. The van der Waals surface area contributed by atoms with Gasteiger partial charge in [0.2, 0.25) is 0 Å². The van der Waals surface area contributed by atoms with Gasteiger partial charge in [-0.2, -0.15) is 13.2 Å². The molecule has 0 saturated heterocycles. The summed E-state index contributed by atoms with van der Waals surface area (Å²) in [5.74, 6) is 0. The first-order valence-electron chi connectivity index (χ1n) is 4.51. The lowest BCUT2D eigenvalue weighted by molar-refractivity contribution is -0.127. The van der Waals surface area contributed by atoms with Crippen molar-refractivity contribution < 1.29 is 17.9 Å². The molecule has 1 unspecified atom stereocenters. The van der Waals surface area contributed by atoms with Crippen molar-refractivity contribution in [2.75, 3.05) is 13.7 Å². The number of hydrogen-bond donors (Lipinski definition) is 1. The highest BCUT2D eigenvalue weighted by Crippen LogP contribution is 2.17. The zero-order valence-corrected chi connectivity index (χ0v) is 9.03. The Morgan fingerprint density at radius 3 is 2.14 bits per heavy atom. The van der Waals surface area contributed by atoms with E-state index in [4.69, 9.17) is 4.74 Å². The van der Waals surface area contributed by atoms with Crippen molar-refractivity contribution in [3.05, 3.63) is 0 Å². The number of alkyl halides is 3. The Labute approximate surface area is 82.8 Å². The van der Waals surface area contributed by atoms with E-state index in [2.05, 4.69) is 5.32 Å². The van der Waals surface area contributed by atoms with Crippen molar-refractivity contribution in [1.29, 1.82) is 0 Å². The van der Waals surface area contributed by atoms with E-state index >= 15 is 0 Å². The second-order valence-electron chi connectivity index (χ2n) is 4.07. The molecule has 14 heavy (non-hydrogen) atoms. The van der Waals surface area contributed by atoms with Crippen LogP contribution in [0.3, 0.4) is 0 Å². The molecule has 5 heteroatoms. The van der Waals surface area contributed by atoms with Crippen LogP contribution in [0.15, 0.2) is 0 Å². The second-order valence-corrected chi connectivity index (χ2v) is 4.07. The summed E-state index contributed by atoms with van der Waals surface area (Å²) in [6, 6.07) is -0.216. The summed E-state index contributed by atoms with van der Waals surface area (Å²) in [6.45, 7) is 4.46. The maximum Gasteiger partial charge on any atom is 0.401 e. The molecular weight excluding hydrogens is 195 g/mol. The van der Waals surface area contributed by atoms with Crippen LogP contribution in [0.2, 0.25) is 0 Å². The predicted octanol–water partition coefficient (Wildman–Crippen LogP) is 2.34. The molecule has 1 N–H and O–H groups in total. The number of rotatable bonds is 5. The first kappa shape index (κ1) is 13.7. The monoisotopic (exact) mass is 213 g/mol. The van der Waals surface area contributed by atoms with Gasteiger partial charge in [-0.3, -0.25) is 0 Å². The smallest absolute Gasteiger partial charge is 0.379 e. The fraction of sp³-hybridized carbons (Fsp3) is 1.00. The summed E-state index contributed by atoms with van der Waals surface area (Å²) < 4.78 is 40.6. The largest absolute Gasteiger partial charge is 0.401 e. The summed E-state index contributed by atoms with van der Waals surface area (Å²) >= 11 is 0. The fourth-order valence-corrected chi connectivity index (χ4v) is 1.18. The maximum atomic E-state index is 11.8. The molecule has 0 radical (unpaired) electrons. The Hall–Kier alpha value is -0.290. The first-order valence-corrected chi connectivity index (χ1v) is 4.51. The summed E-state index contributed by atoms with van der Waals surface area (Å²) in [5, 5.41) is 2.41. The standard InChI is InChI=1S/C9H18F3NO/c1-7(5-8(2,3)14-4)13-6-9(10,11)12/h7,13H,5-6H2,1-4H3. The number of hydrogen-bond acceptors (Lipinski definition) is 2. The molecule has 0 aliphatic heterocycles. The third-order valence-electron chi connectivity index (χ3n) is 2.00. The van der Waals surface area contributed by atoms with Crippen LogP contribution in [0.25, 0.3) is 0 Å². The lowest BCUT2D eigenvalue weighted by Gasteiger charge is -2.27. The average Bonchev–Trinajstić information content (AvgIpc) is 1.99. The highest BCUT2D eigenvalue weighted by atomic mass is 19.4. The molecule has 0 bridgehead atoms. The SMILES string of the molecule is COC(C)(C)CC(C)NCC(F)(F)F. The van der Waals surface area contributed by atoms with Gasteiger partial charge in [-0.15, -0.1) is 0 Å². The average molecular weight is 213 g/mol. The van der Waals surface area contributed by atoms with E-state index in [1.54, 1.807) is 14.0 Å². The minimum Gasteiger partial charge on any atom is -0.379 e. The van der Waals surface area contributed by atoms with Gasteiger partial charge in [-0.1, -0.05) is 0 Å². The van der Waals surface area contributed by atoms with Crippen molar-refractivity contribution in [2.24, 2.45) is 0 Å². The Bertz CT molecular complexity index is 168. The van der Waals surface area contributed by atoms with Crippen LogP contribution < -0.4 is 5.32 Å². The lowest BCUT2D eigenvalue weighted by Crippen LogP contribution is -2.40. The van der Waals surface area contributed by atoms with E-state index in [0.717, 1.165) is 0 Å². The first-order chi connectivity index (χ1) is 6.16. The van der Waals surface area contributed by atoms with E-state index in [9.17, 15) is 13.2 Å². The Morgan fingerprint density at radius 1 is 1.29 bits per heavy atom. The van der Waals surface area contributed by atoms with Crippen LogP contribution in [-0.4, -0.2) is 31.5 Å². The van der Waals surface area contributed by atoms with Crippen molar-refractivity contribution in [3.63, 3.8) is 0 Å². The number of ether oxygens (including phenoxy) is 1. The summed E-state index contributed by atoms with van der Waals surface area (Å²) in [5.41, 5.74) is -0.391. The van der Waals surface area contributed by atoms with Crippen LogP contribution >= 0.6 is 0 Å². The Kier molecular flexibility index (Phi) is 4.88. The Balaban J connectivity index is 3.82. The molecule has 0 fully saturated rings. The highest BCUT2D eigenvalue weighted by Gasteiger charge is 2.28. The molecule has 0 aliphatic carbocycles. The van der Waals surface area contributed by atoms with Crippen molar-refractivity contribution in [1.82, 2.24) is 5.32 Å². The summed E-state index contributed by atoms with van der Waals surface area (Å²) in [7, 11) is 1.55. The molecule has 0 saturated carbocycles. The van der Waals surface area contributed by atoms with Gasteiger partial charge in [-0.25, -0.2) is 0 Å². The van der Waals surface area contributed by atoms with Crippen LogP contribution in [0.4, 0.5) is 13.2 Å². The third kappa shape index (κ3) is 7.15. The van der Waals surface area contributed by atoms with Gasteiger partial charge in [0.1, 0.15) is 0 Å². The molecule has 0 aliphatic rings. The van der Waals surface area contributed by atoms with Crippen LogP contribution in [-0.2, 0) is 4.74 Å². The molecule has 0 aromatic heterocycles. The molecule has 0 amide bonds. The zero-order chi connectivity index (χ0) is 11.4. The summed E-state index contributed by atoms with van der Waals surface area (Å²) in [4.78, 5) is 0. The fourth-order valence-electron chi connectivity index (χ4n) is 1.18. The van der Waals surface area contributed by atoms with E-state index in [1.165, 1.54) is 0 Å². The molecule has 1 atom stereocenters. The molecule has 0 spiro atoms. The Morgan fingerprint density at radius 2 is 1.79 bits per heavy atom. The number of halogens is 3. The lowest BCUT2D eigenvalue weighted by atomic mass is 10.00. The van der Waals surface area contributed by atoms with Gasteiger partial charge in [0.25, 0.3) is 0 Å². The minimum atomic E-state index is -4.15. The van der Waals surface area contributed by atoms with Crippen LogP contribution in [0.1, 0.15) is 27.2 Å². The predicted molar refractivity (Wildman–Crippen MR) is 49.2 cm³/mol. The maximum absolute atomic E-state index is 11.8. The molecular formula is C9H18F3NO. The number of nitrogens with one attached hydrogen (secondary N) is 1. The quantitative estimate of drug-likeness (QED) is 0.756. The molecule has 86 valence electrons. The van der Waals surface area contributed by atoms with E-state index < -0.39 is 18.3 Å². The van der Waals surface area contributed by atoms with E-state index in [0.29, 0.717) is 6.42 Å². The third-order valence-corrected chi connectivity index (χ3v) is 2.00.